The highest BCUT2D eigenvalue weighted by Gasteiger charge is 2.24. The molecule has 0 bridgehead atoms. The van der Waals surface area contributed by atoms with E-state index in [1.165, 1.54) is 21.8 Å². The minimum absolute atomic E-state index is 0.231. The minimum Gasteiger partial charge on any atom is -0.480 e. The number of carbonyl (C=O) groups is 2. The number of aryl methyl sites for hydroxylation is 2. The predicted octanol–water partition coefficient (Wildman–Crippen LogP) is 2.47. The Morgan fingerprint density at radius 2 is 2.16 bits per heavy atom. The molecule has 1 heterocycles. The van der Waals surface area contributed by atoms with E-state index in [1.807, 2.05) is 19.9 Å². The van der Waals surface area contributed by atoms with Crippen LogP contribution in [0.25, 0.3) is 0 Å². The molecule has 0 radical (unpaired) electrons. The lowest BCUT2D eigenvalue weighted by molar-refractivity contribution is -0.139. The Hall–Kier alpha value is -1.36. The summed E-state index contributed by atoms with van der Waals surface area (Å²) < 4.78 is 0. The molecule has 1 aromatic heterocycles. The molecule has 0 fully saturated rings. The zero-order valence-corrected chi connectivity index (χ0v) is 12.0. The van der Waals surface area contributed by atoms with Crippen LogP contribution in [0.4, 0.5) is 0 Å². The zero-order valence-electron chi connectivity index (χ0n) is 11.2. The van der Waals surface area contributed by atoms with Gasteiger partial charge in [0.15, 0.2) is 0 Å². The van der Waals surface area contributed by atoms with Crippen LogP contribution in [0.1, 0.15) is 46.8 Å². The monoisotopic (exact) mass is 281 g/mol. The Kier molecular flexibility index (Phi) is 4.24. The van der Waals surface area contributed by atoms with E-state index in [4.69, 9.17) is 5.11 Å². The highest BCUT2D eigenvalue weighted by molar-refractivity contribution is 7.14. The second kappa shape index (κ2) is 5.74. The van der Waals surface area contributed by atoms with E-state index >= 15 is 0 Å². The van der Waals surface area contributed by atoms with Crippen LogP contribution in [0.2, 0.25) is 0 Å². The van der Waals surface area contributed by atoms with Crippen molar-refractivity contribution in [3.05, 3.63) is 21.4 Å². The van der Waals surface area contributed by atoms with Gasteiger partial charge in [0, 0.05) is 4.88 Å². The van der Waals surface area contributed by atoms with E-state index in [0.29, 0.717) is 11.3 Å². The summed E-state index contributed by atoms with van der Waals surface area (Å²) in [6.45, 7) is 3.89. The summed E-state index contributed by atoms with van der Waals surface area (Å²) in [5, 5.41) is 11.7. The maximum Gasteiger partial charge on any atom is 0.326 e. The molecule has 1 amide bonds. The molecule has 0 aromatic carbocycles. The van der Waals surface area contributed by atoms with Crippen LogP contribution in [0.5, 0.6) is 0 Å². The molecule has 19 heavy (non-hydrogen) atoms. The first-order chi connectivity index (χ1) is 8.97. The van der Waals surface area contributed by atoms with E-state index in [2.05, 4.69) is 5.32 Å². The van der Waals surface area contributed by atoms with Gasteiger partial charge in [0.25, 0.3) is 5.91 Å². The molecule has 0 spiro atoms. The summed E-state index contributed by atoms with van der Waals surface area (Å²) in [4.78, 5) is 25.1. The first-order valence-electron chi connectivity index (χ1n) is 6.62. The van der Waals surface area contributed by atoms with Gasteiger partial charge < -0.3 is 10.4 Å². The third kappa shape index (κ3) is 3.35. The number of hydrogen-bond acceptors (Lipinski definition) is 3. The first-order valence-corrected chi connectivity index (χ1v) is 7.44. The SMILES string of the molecule is CC(C)CC(NC(=O)c1cc2c(s1)CCC2)C(=O)O. The molecule has 4 nitrogen and oxygen atoms in total. The Morgan fingerprint density at radius 1 is 1.42 bits per heavy atom. The number of carbonyl (C=O) groups excluding carboxylic acids is 1. The fourth-order valence-corrected chi connectivity index (χ4v) is 3.52. The van der Waals surface area contributed by atoms with Crippen molar-refractivity contribution in [2.75, 3.05) is 0 Å². The molecular formula is C14H19NO3S. The summed E-state index contributed by atoms with van der Waals surface area (Å²) in [7, 11) is 0. The molecule has 0 saturated heterocycles. The molecular weight excluding hydrogens is 262 g/mol. The van der Waals surface area contributed by atoms with E-state index in [-0.39, 0.29) is 11.8 Å². The Labute approximate surface area is 116 Å². The molecule has 0 saturated carbocycles. The van der Waals surface area contributed by atoms with Gasteiger partial charge >= 0.3 is 5.97 Å². The average molecular weight is 281 g/mol. The molecule has 1 aliphatic carbocycles. The van der Waals surface area contributed by atoms with Crippen molar-refractivity contribution in [1.29, 1.82) is 0 Å². The largest absolute Gasteiger partial charge is 0.480 e. The van der Waals surface area contributed by atoms with Gasteiger partial charge in [-0.25, -0.2) is 4.79 Å². The highest BCUT2D eigenvalue weighted by atomic mass is 32.1. The lowest BCUT2D eigenvalue weighted by Crippen LogP contribution is -2.41. The summed E-state index contributed by atoms with van der Waals surface area (Å²) in [5.41, 5.74) is 1.26. The van der Waals surface area contributed by atoms with Gasteiger partial charge in [0.2, 0.25) is 0 Å². The van der Waals surface area contributed by atoms with E-state index in [9.17, 15) is 9.59 Å². The van der Waals surface area contributed by atoms with Crippen LogP contribution in [-0.4, -0.2) is 23.0 Å². The topological polar surface area (TPSA) is 66.4 Å². The lowest BCUT2D eigenvalue weighted by atomic mass is 10.0. The molecule has 2 N–H and O–H groups in total. The summed E-state index contributed by atoms with van der Waals surface area (Å²) >= 11 is 1.50. The third-order valence-electron chi connectivity index (χ3n) is 3.28. The number of thiophene rings is 1. The van der Waals surface area contributed by atoms with Crippen molar-refractivity contribution in [2.24, 2.45) is 5.92 Å². The quantitative estimate of drug-likeness (QED) is 0.871. The normalized spacial score (nSPS) is 15.3. The van der Waals surface area contributed by atoms with Crippen LogP contribution in [0, 0.1) is 5.92 Å². The van der Waals surface area contributed by atoms with Gasteiger partial charge in [-0.3, -0.25) is 4.79 Å². The van der Waals surface area contributed by atoms with Gasteiger partial charge in [0.1, 0.15) is 6.04 Å². The van der Waals surface area contributed by atoms with Crippen LogP contribution in [-0.2, 0) is 17.6 Å². The van der Waals surface area contributed by atoms with Crippen LogP contribution >= 0.6 is 11.3 Å². The maximum atomic E-state index is 12.1. The highest BCUT2D eigenvalue weighted by Crippen LogP contribution is 2.30. The molecule has 0 aliphatic heterocycles. The van der Waals surface area contributed by atoms with Crippen molar-refractivity contribution < 1.29 is 14.7 Å². The number of fused-ring (bicyclic) bond motifs is 1. The Bertz CT molecular complexity index is 471. The molecule has 1 atom stereocenters. The number of carboxylic acid groups (broad SMARTS) is 1. The second-order valence-corrected chi connectivity index (χ2v) is 6.54. The second-order valence-electron chi connectivity index (χ2n) is 5.41. The number of amides is 1. The van der Waals surface area contributed by atoms with Gasteiger partial charge in [-0.15, -0.1) is 11.3 Å². The van der Waals surface area contributed by atoms with Gasteiger partial charge in [-0.05, 0) is 43.2 Å². The van der Waals surface area contributed by atoms with Crippen LogP contribution in [0.15, 0.2) is 6.07 Å². The minimum atomic E-state index is -0.967. The standard InChI is InChI=1S/C14H19NO3S/c1-8(2)6-10(14(17)18)15-13(16)12-7-9-4-3-5-11(9)19-12/h7-8,10H,3-6H2,1-2H3,(H,15,16)(H,17,18). The zero-order chi connectivity index (χ0) is 14.0. The van der Waals surface area contributed by atoms with E-state index < -0.39 is 12.0 Å². The van der Waals surface area contributed by atoms with Crippen molar-refractivity contribution >= 4 is 23.2 Å². The number of aliphatic carboxylic acids is 1. The summed E-state index contributed by atoms with van der Waals surface area (Å²) in [6.07, 6.45) is 3.69. The Balaban J connectivity index is 2.04. The van der Waals surface area contributed by atoms with Gasteiger partial charge in [0.05, 0.1) is 4.88 Å². The van der Waals surface area contributed by atoms with E-state index in [0.717, 1.165) is 19.3 Å². The molecule has 1 aromatic rings. The molecule has 5 heteroatoms. The fraction of sp³-hybridized carbons (Fsp3) is 0.571. The predicted molar refractivity (Wildman–Crippen MR) is 74.7 cm³/mol. The van der Waals surface area contributed by atoms with Crippen molar-refractivity contribution in [2.45, 2.75) is 45.6 Å². The summed E-state index contributed by atoms with van der Waals surface area (Å²) in [6, 6.07) is 1.11. The average Bonchev–Trinajstić information content (AvgIpc) is 2.86. The third-order valence-corrected chi connectivity index (χ3v) is 4.52. The van der Waals surface area contributed by atoms with E-state index in [1.54, 1.807) is 0 Å². The van der Waals surface area contributed by atoms with Gasteiger partial charge in [-0.1, -0.05) is 13.8 Å². The van der Waals surface area contributed by atoms with Crippen molar-refractivity contribution in [3.63, 3.8) is 0 Å². The molecule has 1 unspecified atom stereocenters. The van der Waals surface area contributed by atoms with Gasteiger partial charge in [-0.2, -0.15) is 0 Å². The fourth-order valence-electron chi connectivity index (χ4n) is 2.36. The van der Waals surface area contributed by atoms with Crippen molar-refractivity contribution in [3.8, 4) is 0 Å². The maximum absolute atomic E-state index is 12.1. The summed E-state index contributed by atoms with van der Waals surface area (Å²) in [5.74, 6) is -0.992. The number of rotatable bonds is 5. The number of nitrogens with one attached hydrogen (secondary N) is 1. The number of hydrogen-bond donors (Lipinski definition) is 2. The van der Waals surface area contributed by atoms with Crippen LogP contribution in [0.3, 0.4) is 0 Å². The smallest absolute Gasteiger partial charge is 0.326 e. The van der Waals surface area contributed by atoms with Crippen molar-refractivity contribution in [1.82, 2.24) is 5.32 Å². The molecule has 2 rings (SSSR count). The molecule has 104 valence electrons. The number of carboxylic acids is 1. The Morgan fingerprint density at radius 3 is 2.74 bits per heavy atom. The molecule has 1 aliphatic rings. The lowest BCUT2D eigenvalue weighted by Gasteiger charge is -2.15. The first kappa shape index (κ1) is 14.1. The van der Waals surface area contributed by atoms with Crippen LogP contribution < -0.4 is 5.32 Å².